The number of carbonyl (C=O) groups excluding carboxylic acids is 1. The summed E-state index contributed by atoms with van der Waals surface area (Å²) in [5.74, 6) is 3.15. The van der Waals surface area contributed by atoms with Crippen LogP contribution in [0.3, 0.4) is 0 Å². The van der Waals surface area contributed by atoms with E-state index in [2.05, 4.69) is 33.4 Å². The third-order valence-electron chi connectivity index (χ3n) is 9.71. The highest BCUT2D eigenvalue weighted by Crippen LogP contribution is 2.41. The standard InChI is InChI=1S/C31H35N5O3/c1-34-29-23(10-20(12-26(29)38-2)31(37)36-14-19-8-9-24(36)27(19)32)33-30(34)25-11-18-4-3-5-22(21-15-39-16-21)28(18)35(25)13-17-6-7-17/h3-5,10-12,17,19,21,24,27H,6-9,13-16,32H2,1-2H3/t19-,24-,27-/m1/s1. The van der Waals surface area contributed by atoms with Gasteiger partial charge in [-0.05, 0) is 61.3 Å². The second kappa shape index (κ2) is 8.57. The molecule has 0 radical (unpaired) electrons. The zero-order chi connectivity index (χ0) is 26.4. The molecule has 2 bridgehead atoms. The fourth-order valence-electron chi connectivity index (χ4n) is 7.30. The summed E-state index contributed by atoms with van der Waals surface area (Å²) >= 11 is 0. The van der Waals surface area contributed by atoms with E-state index in [-0.39, 0.29) is 18.0 Å². The molecule has 2 aromatic carbocycles. The highest BCUT2D eigenvalue weighted by Gasteiger charge is 2.47. The average molecular weight is 526 g/mol. The molecule has 4 aromatic rings. The van der Waals surface area contributed by atoms with Gasteiger partial charge in [0.1, 0.15) is 11.3 Å². The number of hydrogen-bond donors (Lipinski definition) is 1. The summed E-state index contributed by atoms with van der Waals surface area (Å²) in [5.41, 5.74) is 12.5. The number of aryl methyl sites for hydroxylation is 1. The molecule has 2 saturated heterocycles. The van der Waals surface area contributed by atoms with Gasteiger partial charge >= 0.3 is 0 Å². The molecule has 0 spiro atoms. The summed E-state index contributed by atoms with van der Waals surface area (Å²) < 4.78 is 16.0. The number of nitrogens with zero attached hydrogens (tertiary/aromatic N) is 4. The van der Waals surface area contributed by atoms with Crippen LogP contribution in [0.25, 0.3) is 33.5 Å². The van der Waals surface area contributed by atoms with Crippen LogP contribution < -0.4 is 10.5 Å². The Labute approximate surface area is 227 Å². The molecule has 8 nitrogen and oxygen atoms in total. The van der Waals surface area contributed by atoms with Crippen LogP contribution >= 0.6 is 0 Å². The van der Waals surface area contributed by atoms with E-state index in [1.807, 2.05) is 24.1 Å². The molecule has 39 heavy (non-hydrogen) atoms. The van der Waals surface area contributed by atoms with Crippen molar-refractivity contribution in [2.24, 2.45) is 24.6 Å². The first kappa shape index (κ1) is 23.5. The SMILES string of the molecule is COc1cc(C(=O)N2C[C@H]3CC[C@@H]2[C@@H]3N)cc2nc(-c3cc4cccc(C5COC5)c4n3CC3CC3)n(C)c12. The predicted molar refractivity (Wildman–Crippen MR) is 150 cm³/mol. The van der Waals surface area contributed by atoms with Gasteiger partial charge in [0.05, 0.1) is 37.1 Å². The van der Waals surface area contributed by atoms with Crippen LogP contribution in [0.1, 0.15) is 47.5 Å². The Hall–Kier alpha value is -3.36. The Morgan fingerprint density at radius 3 is 2.64 bits per heavy atom. The number of carbonyl (C=O) groups is 1. The predicted octanol–water partition coefficient (Wildman–Crippen LogP) is 4.29. The second-order valence-electron chi connectivity index (χ2n) is 12.1. The zero-order valence-corrected chi connectivity index (χ0v) is 22.6. The minimum Gasteiger partial charge on any atom is -0.494 e. The molecule has 2 N–H and O–H groups in total. The van der Waals surface area contributed by atoms with Crippen LogP contribution in [-0.4, -0.2) is 63.9 Å². The minimum atomic E-state index is 0.0280. The van der Waals surface area contributed by atoms with Gasteiger partial charge in [0.25, 0.3) is 5.91 Å². The number of piperidine rings is 1. The van der Waals surface area contributed by atoms with Crippen molar-refractivity contribution in [2.45, 2.75) is 50.2 Å². The molecule has 2 aromatic heterocycles. The van der Waals surface area contributed by atoms with Crippen LogP contribution in [0.2, 0.25) is 0 Å². The van der Waals surface area contributed by atoms with Gasteiger partial charge in [-0.2, -0.15) is 0 Å². The van der Waals surface area contributed by atoms with E-state index in [0.717, 1.165) is 61.7 Å². The molecular weight excluding hydrogens is 490 g/mol. The molecule has 0 unspecified atom stereocenters. The number of likely N-dealkylation sites (tertiary alicyclic amines) is 1. The van der Waals surface area contributed by atoms with Crippen molar-refractivity contribution in [1.82, 2.24) is 19.0 Å². The number of amides is 1. The molecule has 4 aliphatic rings. The number of benzene rings is 2. The Kier molecular flexibility index (Phi) is 5.17. The van der Waals surface area contributed by atoms with Crippen LogP contribution in [0.5, 0.6) is 5.75 Å². The van der Waals surface area contributed by atoms with Gasteiger partial charge in [-0.1, -0.05) is 18.2 Å². The van der Waals surface area contributed by atoms with Crippen LogP contribution in [0.15, 0.2) is 36.4 Å². The molecule has 4 fully saturated rings. The van der Waals surface area contributed by atoms with Gasteiger partial charge < -0.3 is 29.2 Å². The van der Waals surface area contributed by atoms with Crippen LogP contribution in [0.4, 0.5) is 0 Å². The molecule has 2 aliphatic carbocycles. The van der Waals surface area contributed by atoms with Gasteiger partial charge in [0, 0.05) is 49.1 Å². The highest BCUT2D eigenvalue weighted by molar-refractivity contribution is 6.00. The number of aromatic nitrogens is 3. The van der Waals surface area contributed by atoms with Gasteiger partial charge in [-0.25, -0.2) is 4.98 Å². The fraction of sp³-hybridized carbons (Fsp3) is 0.484. The first-order chi connectivity index (χ1) is 19.0. The molecule has 8 heteroatoms. The highest BCUT2D eigenvalue weighted by atomic mass is 16.5. The van der Waals surface area contributed by atoms with Crippen molar-refractivity contribution in [3.8, 4) is 17.3 Å². The second-order valence-corrected chi connectivity index (χ2v) is 12.1. The third-order valence-corrected chi connectivity index (χ3v) is 9.71. The Morgan fingerprint density at radius 2 is 1.97 bits per heavy atom. The van der Waals surface area contributed by atoms with Gasteiger partial charge in [-0.15, -0.1) is 0 Å². The normalized spacial score (nSPS) is 24.7. The Balaban J connectivity index is 1.26. The van der Waals surface area contributed by atoms with Crippen molar-refractivity contribution >= 4 is 27.8 Å². The number of imidazole rings is 1. The van der Waals surface area contributed by atoms with Crippen LogP contribution in [0, 0.1) is 11.8 Å². The van der Waals surface area contributed by atoms with Crippen molar-refractivity contribution in [3.05, 3.63) is 47.5 Å². The number of methoxy groups -OCH3 is 1. The molecule has 2 aliphatic heterocycles. The number of fused-ring (bicyclic) bond motifs is 4. The molecule has 8 rings (SSSR count). The zero-order valence-electron chi connectivity index (χ0n) is 22.6. The smallest absolute Gasteiger partial charge is 0.254 e. The summed E-state index contributed by atoms with van der Waals surface area (Å²) in [6.07, 6.45) is 4.66. The Morgan fingerprint density at radius 1 is 1.13 bits per heavy atom. The monoisotopic (exact) mass is 525 g/mol. The van der Waals surface area contributed by atoms with E-state index in [4.69, 9.17) is 20.2 Å². The molecule has 202 valence electrons. The van der Waals surface area contributed by atoms with Crippen molar-refractivity contribution in [1.29, 1.82) is 0 Å². The topological polar surface area (TPSA) is 87.5 Å². The summed E-state index contributed by atoms with van der Waals surface area (Å²) in [4.78, 5) is 20.8. The lowest BCUT2D eigenvalue weighted by molar-refractivity contribution is 0.00887. The lowest BCUT2D eigenvalue weighted by Gasteiger charge is -2.27. The summed E-state index contributed by atoms with van der Waals surface area (Å²) in [6.45, 7) is 3.30. The van der Waals surface area contributed by atoms with Crippen molar-refractivity contribution in [3.63, 3.8) is 0 Å². The fourth-order valence-corrected chi connectivity index (χ4v) is 7.30. The van der Waals surface area contributed by atoms with Crippen molar-refractivity contribution < 1.29 is 14.3 Å². The molecule has 2 saturated carbocycles. The quantitative estimate of drug-likeness (QED) is 0.406. The molecule has 4 heterocycles. The number of hydrogen-bond acceptors (Lipinski definition) is 5. The average Bonchev–Trinajstić information content (AvgIpc) is 3.30. The maximum Gasteiger partial charge on any atom is 0.254 e. The molecule has 1 amide bonds. The summed E-state index contributed by atoms with van der Waals surface area (Å²) in [5, 5.41) is 1.24. The lowest BCUT2D eigenvalue weighted by atomic mass is 9.95. The number of para-hydroxylation sites is 1. The first-order valence-corrected chi connectivity index (χ1v) is 14.3. The number of ether oxygens (including phenoxy) is 2. The number of nitrogens with two attached hydrogens (primary N) is 1. The molecule has 3 atom stereocenters. The maximum atomic E-state index is 13.7. The van der Waals surface area contributed by atoms with Gasteiger partial charge in [-0.3, -0.25) is 4.79 Å². The lowest BCUT2D eigenvalue weighted by Crippen LogP contribution is -2.41. The molecular formula is C31H35N5O3. The van der Waals surface area contributed by atoms with Crippen LogP contribution in [-0.2, 0) is 18.3 Å². The summed E-state index contributed by atoms with van der Waals surface area (Å²) in [7, 11) is 3.72. The van der Waals surface area contributed by atoms with E-state index in [9.17, 15) is 4.79 Å². The van der Waals surface area contributed by atoms with Gasteiger partial charge in [0.2, 0.25) is 0 Å². The summed E-state index contributed by atoms with van der Waals surface area (Å²) in [6, 6.07) is 12.9. The van der Waals surface area contributed by atoms with Gasteiger partial charge in [0.15, 0.2) is 5.82 Å². The van der Waals surface area contributed by atoms with E-state index in [1.165, 1.54) is 29.3 Å². The number of rotatable bonds is 6. The largest absolute Gasteiger partial charge is 0.494 e. The van der Waals surface area contributed by atoms with Crippen molar-refractivity contribution in [2.75, 3.05) is 26.9 Å². The Bertz CT molecular complexity index is 1630. The van der Waals surface area contributed by atoms with E-state index in [0.29, 0.717) is 29.1 Å². The first-order valence-electron chi connectivity index (χ1n) is 14.3. The van der Waals surface area contributed by atoms with E-state index >= 15 is 0 Å². The minimum absolute atomic E-state index is 0.0280. The maximum absolute atomic E-state index is 13.7. The van der Waals surface area contributed by atoms with E-state index < -0.39 is 0 Å². The van der Waals surface area contributed by atoms with E-state index in [1.54, 1.807) is 7.11 Å². The third kappa shape index (κ3) is 3.50.